The molecule has 1 aromatic heterocycles. The number of ether oxygens (including phenoxy) is 1. The van der Waals surface area contributed by atoms with Gasteiger partial charge in [-0.25, -0.2) is 0 Å². The van der Waals surface area contributed by atoms with Crippen molar-refractivity contribution in [3.63, 3.8) is 0 Å². The van der Waals surface area contributed by atoms with Gasteiger partial charge in [0.15, 0.2) is 0 Å². The van der Waals surface area contributed by atoms with E-state index in [9.17, 15) is 0 Å². The largest absolute Gasteiger partial charge is 0.491 e. The molecule has 0 bridgehead atoms. The molecule has 2 nitrogen and oxygen atoms in total. The smallest absolute Gasteiger partial charge is 0.128 e. The number of fused-ring (bicyclic) bond motifs is 5. The van der Waals surface area contributed by atoms with Crippen molar-refractivity contribution in [2.45, 2.75) is 46.1 Å². The van der Waals surface area contributed by atoms with Crippen molar-refractivity contribution in [1.82, 2.24) is 4.57 Å². The standard InChI is InChI=1S/C22H25NO/c1-14(2)16-6-8-20-18(11-16)12-21-19-7-5-17(15(3)4)13-22(19)24-10-9-23(20)21/h5-8,11-15H,9-10H2,1-4H3. The molecule has 0 unspecified atom stereocenters. The molecular formula is C22H25NO. The van der Waals surface area contributed by atoms with E-state index in [2.05, 4.69) is 74.7 Å². The summed E-state index contributed by atoms with van der Waals surface area (Å²) in [6, 6.07) is 15.9. The molecule has 0 saturated heterocycles. The summed E-state index contributed by atoms with van der Waals surface area (Å²) in [5.74, 6) is 2.09. The minimum atomic E-state index is 0.515. The molecule has 4 rings (SSSR count). The zero-order chi connectivity index (χ0) is 16.8. The lowest BCUT2D eigenvalue weighted by Crippen LogP contribution is -2.05. The van der Waals surface area contributed by atoms with E-state index in [-0.39, 0.29) is 0 Å². The minimum absolute atomic E-state index is 0.515. The fraction of sp³-hybridized carbons (Fsp3) is 0.364. The second kappa shape index (κ2) is 5.70. The van der Waals surface area contributed by atoms with Crippen molar-refractivity contribution < 1.29 is 4.74 Å². The van der Waals surface area contributed by atoms with Crippen LogP contribution in [0.3, 0.4) is 0 Å². The average Bonchev–Trinajstić information content (AvgIpc) is 2.82. The summed E-state index contributed by atoms with van der Waals surface area (Å²) in [6.07, 6.45) is 0. The maximum atomic E-state index is 6.07. The Kier molecular flexibility index (Phi) is 3.64. The first kappa shape index (κ1) is 15.3. The Balaban J connectivity index is 1.91. The van der Waals surface area contributed by atoms with Crippen LogP contribution in [0.25, 0.3) is 22.2 Å². The molecule has 1 aliphatic rings. The van der Waals surface area contributed by atoms with Crippen LogP contribution in [-0.4, -0.2) is 11.2 Å². The highest BCUT2D eigenvalue weighted by Crippen LogP contribution is 2.38. The van der Waals surface area contributed by atoms with E-state index in [0.29, 0.717) is 11.8 Å². The lowest BCUT2D eigenvalue weighted by Gasteiger charge is -2.11. The lowest BCUT2D eigenvalue weighted by atomic mass is 9.99. The maximum absolute atomic E-state index is 6.07. The molecule has 0 spiro atoms. The van der Waals surface area contributed by atoms with Gasteiger partial charge in [-0.1, -0.05) is 39.8 Å². The molecule has 0 aliphatic carbocycles. The summed E-state index contributed by atoms with van der Waals surface area (Å²) < 4.78 is 8.47. The molecule has 0 amide bonds. The number of hydrogen-bond donors (Lipinski definition) is 0. The van der Waals surface area contributed by atoms with Crippen LogP contribution in [-0.2, 0) is 6.54 Å². The Hall–Kier alpha value is -2.22. The van der Waals surface area contributed by atoms with Crippen molar-refractivity contribution in [2.24, 2.45) is 0 Å². The molecule has 0 fully saturated rings. The third kappa shape index (κ3) is 2.41. The summed E-state index contributed by atoms with van der Waals surface area (Å²) in [5, 5.41) is 1.33. The van der Waals surface area contributed by atoms with Gasteiger partial charge in [0.05, 0.1) is 12.2 Å². The summed E-state index contributed by atoms with van der Waals surface area (Å²) in [6.45, 7) is 10.6. The van der Waals surface area contributed by atoms with E-state index in [4.69, 9.17) is 4.74 Å². The van der Waals surface area contributed by atoms with Crippen LogP contribution < -0.4 is 4.74 Å². The predicted molar refractivity (Wildman–Crippen MR) is 101 cm³/mol. The fourth-order valence-electron chi connectivity index (χ4n) is 3.59. The van der Waals surface area contributed by atoms with Gasteiger partial charge in [-0.3, -0.25) is 0 Å². The fourth-order valence-corrected chi connectivity index (χ4v) is 3.59. The molecule has 0 N–H and O–H groups in total. The van der Waals surface area contributed by atoms with Gasteiger partial charge < -0.3 is 9.30 Å². The Morgan fingerprint density at radius 2 is 1.58 bits per heavy atom. The van der Waals surface area contributed by atoms with Gasteiger partial charge >= 0.3 is 0 Å². The lowest BCUT2D eigenvalue weighted by molar-refractivity contribution is 0.308. The van der Waals surface area contributed by atoms with E-state index in [0.717, 1.165) is 18.9 Å². The molecule has 2 heteroatoms. The number of rotatable bonds is 2. The van der Waals surface area contributed by atoms with E-state index in [1.807, 2.05) is 0 Å². The number of benzene rings is 2. The molecule has 0 radical (unpaired) electrons. The van der Waals surface area contributed by atoms with Gasteiger partial charge in [0, 0.05) is 16.5 Å². The Bertz CT molecular complexity index is 902. The van der Waals surface area contributed by atoms with Crippen molar-refractivity contribution in [3.8, 4) is 17.0 Å². The van der Waals surface area contributed by atoms with E-state index in [1.54, 1.807) is 0 Å². The van der Waals surface area contributed by atoms with Crippen molar-refractivity contribution in [3.05, 3.63) is 53.6 Å². The van der Waals surface area contributed by atoms with Crippen LogP contribution in [0, 0.1) is 0 Å². The Morgan fingerprint density at radius 1 is 0.875 bits per heavy atom. The van der Waals surface area contributed by atoms with Gasteiger partial charge in [-0.15, -0.1) is 0 Å². The van der Waals surface area contributed by atoms with Crippen molar-refractivity contribution in [2.75, 3.05) is 6.61 Å². The Morgan fingerprint density at radius 3 is 2.33 bits per heavy atom. The third-order valence-corrected chi connectivity index (χ3v) is 5.11. The van der Waals surface area contributed by atoms with Gasteiger partial charge in [-0.05, 0) is 53.3 Å². The SMILES string of the molecule is CC(C)c1ccc2c(c1)OCCn1c-2cc2cc(C(C)C)ccc21. The molecule has 0 atom stereocenters. The predicted octanol–water partition coefficient (Wildman–Crippen LogP) is 5.95. The second-order valence-electron chi connectivity index (χ2n) is 7.41. The van der Waals surface area contributed by atoms with Crippen LogP contribution in [0.2, 0.25) is 0 Å². The molecule has 124 valence electrons. The van der Waals surface area contributed by atoms with Crippen LogP contribution in [0.4, 0.5) is 0 Å². The van der Waals surface area contributed by atoms with E-state index in [1.165, 1.54) is 33.3 Å². The minimum Gasteiger partial charge on any atom is -0.491 e. The normalized spacial score (nSPS) is 13.8. The summed E-state index contributed by atoms with van der Waals surface area (Å²) in [5.41, 5.74) is 6.52. The first-order chi connectivity index (χ1) is 11.5. The zero-order valence-corrected chi connectivity index (χ0v) is 15.0. The van der Waals surface area contributed by atoms with E-state index >= 15 is 0 Å². The molecule has 2 heterocycles. The topological polar surface area (TPSA) is 14.2 Å². The quantitative estimate of drug-likeness (QED) is 0.569. The second-order valence-corrected chi connectivity index (χ2v) is 7.41. The van der Waals surface area contributed by atoms with Gasteiger partial charge in [0.2, 0.25) is 0 Å². The maximum Gasteiger partial charge on any atom is 0.128 e. The van der Waals surface area contributed by atoms with Crippen LogP contribution in [0.15, 0.2) is 42.5 Å². The molecule has 1 aliphatic heterocycles. The van der Waals surface area contributed by atoms with Crippen LogP contribution >= 0.6 is 0 Å². The van der Waals surface area contributed by atoms with Gasteiger partial charge in [0.25, 0.3) is 0 Å². The van der Waals surface area contributed by atoms with Crippen LogP contribution in [0.5, 0.6) is 5.75 Å². The first-order valence-corrected chi connectivity index (χ1v) is 8.95. The average molecular weight is 319 g/mol. The van der Waals surface area contributed by atoms with E-state index < -0.39 is 0 Å². The highest BCUT2D eigenvalue weighted by atomic mass is 16.5. The summed E-state index contributed by atoms with van der Waals surface area (Å²) in [7, 11) is 0. The van der Waals surface area contributed by atoms with Gasteiger partial charge in [0.1, 0.15) is 12.4 Å². The van der Waals surface area contributed by atoms with Crippen LogP contribution in [0.1, 0.15) is 50.7 Å². The number of hydrogen-bond acceptors (Lipinski definition) is 1. The molecule has 0 saturated carbocycles. The first-order valence-electron chi connectivity index (χ1n) is 8.95. The highest BCUT2D eigenvalue weighted by molar-refractivity contribution is 5.89. The molecule has 24 heavy (non-hydrogen) atoms. The number of aromatic nitrogens is 1. The highest BCUT2D eigenvalue weighted by Gasteiger charge is 2.19. The number of nitrogens with zero attached hydrogens (tertiary/aromatic N) is 1. The zero-order valence-electron chi connectivity index (χ0n) is 15.0. The molecule has 2 aromatic carbocycles. The molecular weight excluding hydrogens is 294 g/mol. The summed E-state index contributed by atoms with van der Waals surface area (Å²) in [4.78, 5) is 0. The third-order valence-electron chi connectivity index (χ3n) is 5.11. The Labute approximate surface area is 144 Å². The monoisotopic (exact) mass is 319 g/mol. The molecule has 3 aromatic rings. The van der Waals surface area contributed by atoms with Crippen molar-refractivity contribution in [1.29, 1.82) is 0 Å². The summed E-state index contributed by atoms with van der Waals surface area (Å²) >= 11 is 0. The van der Waals surface area contributed by atoms with Crippen molar-refractivity contribution >= 4 is 10.9 Å². The van der Waals surface area contributed by atoms with Gasteiger partial charge in [-0.2, -0.15) is 0 Å².